The fraction of sp³-hybridized carbons (Fsp3) is 0.0714. The van der Waals surface area contributed by atoms with E-state index in [2.05, 4.69) is 0 Å². The van der Waals surface area contributed by atoms with E-state index >= 15 is 0 Å². The molecular weight excluding hydrogens is 314 g/mol. The van der Waals surface area contributed by atoms with Crippen molar-refractivity contribution in [3.63, 3.8) is 0 Å². The van der Waals surface area contributed by atoms with Crippen LogP contribution in [0.25, 0.3) is 0 Å². The van der Waals surface area contributed by atoms with Crippen LogP contribution in [0.5, 0.6) is 0 Å². The minimum atomic E-state index is -3.82. The zero-order valence-electron chi connectivity index (χ0n) is 10.8. The van der Waals surface area contributed by atoms with Crippen molar-refractivity contribution in [2.45, 2.75) is 16.2 Å². The van der Waals surface area contributed by atoms with Crippen LogP contribution in [0.2, 0.25) is 5.02 Å². The second-order valence-electron chi connectivity index (χ2n) is 4.36. The number of rotatable bonds is 4. The summed E-state index contributed by atoms with van der Waals surface area (Å²) in [5.74, 6) is -1.08. The number of hydrogen-bond donors (Lipinski definition) is 2. The van der Waals surface area contributed by atoms with Crippen LogP contribution in [0.4, 0.5) is 5.69 Å². The minimum absolute atomic E-state index is 0.0464. The topological polar surface area (TPSA) is 97.5 Å². The lowest BCUT2D eigenvalue weighted by molar-refractivity contribution is -0.136. The Morgan fingerprint density at radius 1 is 1.14 bits per heavy atom. The summed E-state index contributed by atoms with van der Waals surface area (Å²) in [5.41, 5.74) is 6.03. The highest BCUT2D eigenvalue weighted by Crippen LogP contribution is 2.29. The van der Waals surface area contributed by atoms with E-state index < -0.39 is 15.8 Å². The van der Waals surface area contributed by atoms with Crippen molar-refractivity contribution in [1.29, 1.82) is 0 Å². The van der Waals surface area contributed by atoms with Crippen molar-refractivity contribution in [2.75, 3.05) is 5.73 Å². The molecule has 0 aliphatic carbocycles. The van der Waals surface area contributed by atoms with Gasteiger partial charge >= 0.3 is 5.97 Å². The lowest BCUT2D eigenvalue weighted by atomic mass is 10.1. The molecular formula is C14H12ClNO4S. The summed E-state index contributed by atoms with van der Waals surface area (Å²) < 4.78 is 25.1. The Labute approximate surface area is 126 Å². The molecule has 2 rings (SSSR count). The van der Waals surface area contributed by atoms with Crippen LogP contribution in [-0.2, 0) is 21.1 Å². The Kier molecular flexibility index (Phi) is 4.20. The summed E-state index contributed by atoms with van der Waals surface area (Å²) in [6.45, 7) is 0. The van der Waals surface area contributed by atoms with Crippen molar-refractivity contribution < 1.29 is 18.3 Å². The molecule has 0 heterocycles. The Hall–Kier alpha value is -2.05. The average Bonchev–Trinajstić information content (AvgIpc) is 2.41. The zero-order chi connectivity index (χ0) is 15.6. The number of hydrogen-bond acceptors (Lipinski definition) is 4. The molecule has 0 unspecified atom stereocenters. The van der Waals surface area contributed by atoms with Crippen molar-refractivity contribution in [3.8, 4) is 0 Å². The summed E-state index contributed by atoms with van der Waals surface area (Å²) in [4.78, 5) is 10.7. The van der Waals surface area contributed by atoms with E-state index in [9.17, 15) is 13.2 Å². The summed E-state index contributed by atoms with van der Waals surface area (Å²) >= 11 is 5.74. The van der Waals surface area contributed by atoms with Gasteiger partial charge in [-0.2, -0.15) is 0 Å². The Morgan fingerprint density at radius 3 is 2.33 bits per heavy atom. The van der Waals surface area contributed by atoms with E-state index in [1.807, 2.05) is 0 Å². The van der Waals surface area contributed by atoms with Gasteiger partial charge < -0.3 is 10.8 Å². The molecule has 0 aromatic heterocycles. The number of benzene rings is 2. The van der Waals surface area contributed by atoms with Gasteiger partial charge in [0, 0.05) is 5.02 Å². The summed E-state index contributed by atoms with van der Waals surface area (Å²) in [6, 6.07) is 9.99. The van der Waals surface area contributed by atoms with Crippen molar-refractivity contribution in [2.24, 2.45) is 0 Å². The highest BCUT2D eigenvalue weighted by Gasteiger charge is 2.22. The molecule has 5 nitrogen and oxygen atoms in total. The van der Waals surface area contributed by atoms with Crippen molar-refractivity contribution in [1.82, 2.24) is 0 Å². The third-order valence-electron chi connectivity index (χ3n) is 2.91. The molecule has 0 spiro atoms. The number of halogens is 1. The van der Waals surface area contributed by atoms with E-state index in [-0.39, 0.29) is 27.5 Å². The van der Waals surface area contributed by atoms with Gasteiger partial charge in [-0.1, -0.05) is 23.7 Å². The first-order valence-corrected chi connectivity index (χ1v) is 7.78. The zero-order valence-corrected chi connectivity index (χ0v) is 12.4. The van der Waals surface area contributed by atoms with Gasteiger partial charge in [0.15, 0.2) is 0 Å². The van der Waals surface area contributed by atoms with Gasteiger partial charge in [-0.15, -0.1) is 0 Å². The molecule has 0 fully saturated rings. The second kappa shape index (κ2) is 5.75. The number of nitrogen functional groups attached to an aromatic ring is 1. The molecule has 0 radical (unpaired) electrons. The molecule has 0 aliphatic rings. The smallest absolute Gasteiger partial charge is 0.307 e. The number of para-hydroxylation sites is 1. The molecule has 7 heteroatoms. The fourth-order valence-corrected chi connectivity index (χ4v) is 3.43. The van der Waals surface area contributed by atoms with Gasteiger partial charge in [-0.05, 0) is 35.9 Å². The van der Waals surface area contributed by atoms with Crippen LogP contribution in [-0.4, -0.2) is 19.5 Å². The number of carboxylic acid groups (broad SMARTS) is 1. The third kappa shape index (κ3) is 3.17. The highest BCUT2D eigenvalue weighted by molar-refractivity contribution is 7.91. The molecule has 0 saturated heterocycles. The molecule has 3 N–H and O–H groups in total. The summed E-state index contributed by atoms with van der Waals surface area (Å²) in [7, 11) is -3.82. The van der Waals surface area contributed by atoms with Crippen LogP contribution >= 0.6 is 11.6 Å². The standard InChI is InChI=1S/C14H12ClNO4S/c15-10-4-6-11(7-5-10)21(19,20)12-3-1-2-9(14(12)16)8-13(17)18/h1-7H,8,16H2,(H,17,18). The fourth-order valence-electron chi connectivity index (χ4n) is 1.88. The first-order chi connectivity index (χ1) is 9.82. The maximum atomic E-state index is 12.5. The van der Waals surface area contributed by atoms with Crippen LogP contribution in [0.3, 0.4) is 0 Å². The number of anilines is 1. The number of carboxylic acids is 1. The number of carbonyl (C=O) groups is 1. The molecule has 2 aromatic rings. The van der Waals surface area contributed by atoms with Crippen molar-refractivity contribution in [3.05, 3.63) is 53.1 Å². The molecule has 110 valence electrons. The third-order valence-corrected chi connectivity index (χ3v) is 4.99. The molecule has 0 bridgehead atoms. The Balaban J connectivity index is 2.55. The lowest BCUT2D eigenvalue weighted by Gasteiger charge is -2.11. The number of aliphatic carboxylic acids is 1. The monoisotopic (exact) mass is 325 g/mol. The van der Waals surface area contributed by atoms with Crippen LogP contribution in [0.15, 0.2) is 52.3 Å². The number of nitrogens with two attached hydrogens (primary N) is 1. The van der Waals surface area contributed by atoms with E-state index in [0.717, 1.165) is 0 Å². The van der Waals surface area contributed by atoms with Gasteiger partial charge in [0.25, 0.3) is 0 Å². The van der Waals surface area contributed by atoms with E-state index in [1.165, 1.54) is 42.5 Å². The summed E-state index contributed by atoms with van der Waals surface area (Å²) in [5, 5.41) is 9.23. The first kappa shape index (κ1) is 15.3. The Bertz CT molecular complexity index is 785. The maximum absolute atomic E-state index is 12.5. The van der Waals surface area contributed by atoms with Crippen LogP contribution < -0.4 is 5.73 Å². The summed E-state index contributed by atoms with van der Waals surface area (Å²) in [6.07, 6.45) is -0.337. The molecule has 0 aliphatic heterocycles. The second-order valence-corrected chi connectivity index (χ2v) is 6.71. The van der Waals surface area contributed by atoms with Gasteiger partial charge in [-0.25, -0.2) is 8.42 Å². The van der Waals surface area contributed by atoms with Crippen molar-refractivity contribution >= 4 is 33.1 Å². The number of sulfone groups is 1. The predicted octanol–water partition coefficient (Wildman–Crippen LogP) is 2.38. The lowest BCUT2D eigenvalue weighted by Crippen LogP contribution is -2.10. The normalized spacial score (nSPS) is 11.3. The predicted molar refractivity (Wildman–Crippen MR) is 79.1 cm³/mol. The largest absolute Gasteiger partial charge is 0.481 e. The van der Waals surface area contributed by atoms with Crippen LogP contribution in [0, 0.1) is 0 Å². The Morgan fingerprint density at radius 2 is 1.76 bits per heavy atom. The highest BCUT2D eigenvalue weighted by atomic mass is 35.5. The SMILES string of the molecule is Nc1c(CC(=O)O)cccc1S(=O)(=O)c1ccc(Cl)cc1. The van der Waals surface area contributed by atoms with Crippen LogP contribution in [0.1, 0.15) is 5.56 Å². The molecule has 2 aromatic carbocycles. The molecule has 0 saturated carbocycles. The van der Waals surface area contributed by atoms with E-state index in [0.29, 0.717) is 5.02 Å². The molecule has 0 amide bonds. The van der Waals surface area contributed by atoms with E-state index in [4.69, 9.17) is 22.4 Å². The van der Waals surface area contributed by atoms with Gasteiger partial charge in [0.1, 0.15) is 0 Å². The molecule has 0 atom stereocenters. The van der Waals surface area contributed by atoms with Gasteiger partial charge in [0.05, 0.1) is 21.9 Å². The van der Waals surface area contributed by atoms with Gasteiger partial charge in [-0.3, -0.25) is 4.79 Å². The quantitative estimate of drug-likeness (QED) is 0.841. The van der Waals surface area contributed by atoms with E-state index in [1.54, 1.807) is 0 Å². The first-order valence-electron chi connectivity index (χ1n) is 5.92. The maximum Gasteiger partial charge on any atom is 0.307 e. The molecule has 21 heavy (non-hydrogen) atoms. The van der Waals surface area contributed by atoms with Gasteiger partial charge in [0.2, 0.25) is 9.84 Å². The minimum Gasteiger partial charge on any atom is -0.481 e. The average molecular weight is 326 g/mol.